The van der Waals surface area contributed by atoms with Crippen molar-refractivity contribution in [2.75, 3.05) is 5.32 Å². The molecule has 0 aliphatic heterocycles. The van der Waals surface area contributed by atoms with Crippen LogP contribution in [0.5, 0.6) is 11.6 Å². The van der Waals surface area contributed by atoms with Crippen molar-refractivity contribution in [3.8, 4) is 23.0 Å². The number of anilines is 2. The third kappa shape index (κ3) is 3.71. The largest absolute Gasteiger partial charge is 0.438 e. The normalized spacial score (nSPS) is 10.8. The third-order valence-corrected chi connectivity index (χ3v) is 4.73. The summed E-state index contributed by atoms with van der Waals surface area (Å²) in [5.41, 5.74) is 3.00. The summed E-state index contributed by atoms with van der Waals surface area (Å²) in [6, 6.07) is 25.8. The van der Waals surface area contributed by atoms with Crippen LogP contribution in [0.4, 0.5) is 11.6 Å². The van der Waals surface area contributed by atoms with Gasteiger partial charge in [-0.3, -0.25) is 0 Å². The lowest BCUT2D eigenvalue weighted by Crippen LogP contribution is -1.92. The molecule has 0 radical (unpaired) electrons. The second kappa shape index (κ2) is 7.67. The number of benzene rings is 3. The Morgan fingerprint density at radius 2 is 1.77 bits per heavy atom. The number of hydrogen-bond donors (Lipinski definition) is 2. The zero-order chi connectivity index (χ0) is 20.3. The van der Waals surface area contributed by atoms with E-state index in [4.69, 9.17) is 4.74 Å². The van der Waals surface area contributed by atoms with Gasteiger partial charge in [0.15, 0.2) is 5.82 Å². The van der Waals surface area contributed by atoms with E-state index in [1.165, 1.54) is 5.56 Å². The van der Waals surface area contributed by atoms with Gasteiger partial charge in [0.2, 0.25) is 11.8 Å². The Balaban J connectivity index is 1.39. The van der Waals surface area contributed by atoms with Crippen LogP contribution in [0.3, 0.4) is 0 Å². The fourth-order valence-corrected chi connectivity index (χ4v) is 3.30. The first-order chi connectivity index (χ1) is 14.7. The van der Waals surface area contributed by atoms with Crippen molar-refractivity contribution in [1.82, 2.24) is 20.2 Å². The number of fused-ring (bicyclic) bond motifs is 1. The monoisotopic (exact) mass is 393 g/mol. The molecule has 2 N–H and O–H groups in total. The van der Waals surface area contributed by atoms with Gasteiger partial charge in [0.1, 0.15) is 5.75 Å². The average molecular weight is 393 g/mol. The van der Waals surface area contributed by atoms with Gasteiger partial charge in [-0.1, -0.05) is 42.5 Å². The van der Waals surface area contributed by atoms with Gasteiger partial charge in [-0.25, -0.2) is 4.98 Å². The van der Waals surface area contributed by atoms with E-state index in [0.29, 0.717) is 23.4 Å². The number of nitrogens with zero attached hydrogens (tertiary/aromatic N) is 3. The quantitative estimate of drug-likeness (QED) is 0.391. The molecule has 6 heteroatoms. The summed E-state index contributed by atoms with van der Waals surface area (Å²) in [4.78, 5) is 7.61. The van der Waals surface area contributed by atoms with Crippen LogP contribution >= 0.6 is 0 Å². The van der Waals surface area contributed by atoms with Gasteiger partial charge in [0, 0.05) is 22.8 Å². The summed E-state index contributed by atoms with van der Waals surface area (Å²) in [6.45, 7) is 2.05. The second-order valence-corrected chi connectivity index (χ2v) is 6.98. The van der Waals surface area contributed by atoms with Crippen molar-refractivity contribution in [3.63, 3.8) is 0 Å². The van der Waals surface area contributed by atoms with E-state index in [1.54, 1.807) is 6.20 Å². The lowest BCUT2D eigenvalue weighted by atomic mass is 10.2. The summed E-state index contributed by atoms with van der Waals surface area (Å²) in [6.07, 6.45) is 1.75. The van der Waals surface area contributed by atoms with Gasteiger partial charge in [-0.05, 0) is 54.3 Å². The molecular formula is C24H19N5O. The highest BCUT2D eigenvalue weighted by Crippen LogP contribution is 2.29. The van der Waals surface area contributed by atoms with Crippen molar-refractivity contribution in [2.45, 2.75) is 6.92 Å². The van der Waals surface area contributed by atoms with E-state index in [2.05, 4.69) is 25.5 Å². The van der Waals surface area contributed by atoms with Gasteiger partial charge in [0.05, 0.1) is 0 Å². The van der Waals surface area contributed by atoms with Gasteiger partial charge in [0.25, 0.3) is 0 Å². The first kappa shape index (κ1) is 17.9. The summed E-state index contributed by atoms with van der Waals surface area (Å²) in [7, 11) is 0. The number of H-pyrrole nitrogens is 1. The van der Waals surface area contributed by atoms with E-state index in [0.717, 1.165) is 22.0 Å². The lowest BCUT2D eigenvalue weighted by Gasteiger charge is -2.08. The number of ether oxygens (including phenoxy) is 1. The number of rotatable bonds is 5. The minimum Gasteiger partial charge on any atom is -0.438 e. The van der Waals surface area contributed by atoms with Gasteiger partial charge in [-0.2, -0.15) is 0 Å². The maximum absolute atomic E-state index is 6.08. The Bertz CT molecular complexity index is 1320. The van der Waals surface area contributed by atoms with E-state index in [-0.39, 0.29) is 0 Å². The maximum atomic E-state index is 6.08. The number of aryl methyl sites for hydroxylation is 1. The molecule has 6 nitrogen and oxygen atoms in total. The molecule has 5 aromatic rings. The van der Waals surface area contributed by atoms with Crippen LogP contribution in [0.15, 0.2) is 85.1 Å². The Morgan fingerprint density at radius 3 is 2.70 bits per heavy atom. The highest BCUT2D eigenvalue weighted by Gasteiger charge is 2.09. The van der Waals surface area contributed by atoms with Crippen LogP contribution in [-0.4, -0.2) is 20.2 Å². The van der Waals surface area contributed by atoms with Crippen LogP contribution in [0.1, 0.15) is 5.56 Å². The Kier molecular flexibility index (Phi) is 4.57. The third-order valence-electron chi connectivity index (χ3n) is 4.73. The fourth-order valence-electron chi connectivity index (χ4n) is 3.30. The molecule has 0 atom stereocenters. The van der Waals surface area contributed by atoms with Gasteiger partial charge >= 0.3 is 0 Å². The minimum atomic E-state index is 0.574. The van der Waals surface area contributed by atoms with Crippen molar-refractivity contribution in [2.24, 2.45) is 0 Å². The molecule has 146 valence electrons. The Labute approximate surface area is 173 Å². The summed E-state index contributed by atoms with van der Waals surface area (Å²) in [5.74, 6) is 2.49. The summed E-state index contributed by atoms with van der Waals surface area (Å²) in [5, 5.41) is 13.8. The molecule has 2 heterocycles. The van der Waals surface area contributed by atoms with Crippen LogP contribution in [0, 0.1) is 6.92 Å². The molecule has 0 bridgehead atoms. The highest BCUT2D eigenvalue weighted by molar-refractivity contribution is 5.86. The van der Waals surface area contributed by atoms with Gasteiger partial charge in [-0.15, -0.1) is 10.2 Å². The number of pyridine rings is 1. The molecule has 0 unspecified atom stereocenters. The Hall–Kier alpha value is -4.19. The predicted octanol–water partition coefficient (Wildman–Crippen LogP) is 5.86. The van der Waals surface area contributed by atoms with Crippen LogP contribution in [-0.2, 0) is 0 Å². The molecule has 30 heavy (non-hydrogen) atoms. The molecule has 5 rings (SSSR count). The first-order valence-corrected chi connectivity index (χ1v) is 9.63. The fraction of sp³-hybridized carbons (Fsp3) is 0.0417. The molecule has 0 saturated heterocycles. The SMILES string of the molecule is Cc1cccc(Nc2nnc(-c3cccc(Oc4nccc5ccccc45)c3)[nH]2)c1. The minimum absolute atomic E-state index is 0.574. The summed E-state index contributed by atoms with van der Waals surface area (Å²) >= 11 is 0. The van der Waals surface area contributed by atoms with Gasteiger partial charge < -0.3 is 15.0 Å². The van der Waals surface area contributed by atoms with Crippen molar-refractivity contribution >= 4 is 22.4 Å². The Morgan fingerprint density at radius 1 is 0.867 bits per heavy atom. The van der Waals surface area contributed by atoms with E-state index < -0.39 is 0 Å². The summed E-state index contributed by atoms with van der Waals surface area (Å²) < 4.78 is 6.08. The number of hydrogen-bond acceptors (Lipinski definition) is 5. The zero-order valence-corrected chi connectivity index (χ0v) is 16.3. The first-order valence-electron chi connectivity index (χ1n) is 9.63. The number of aromatic amines is 1. The van der Waals surface area contributed by atoms with Crippen molar-refractivity contribution in [3.05, 3.63) is 90.6 Å². The molecule has 2 aromatic heterocycles. The predicted molar refractivity (Wildman–Crippen MR) is 118 cm³/mol. The maximum Gasteiger partial charge on any atom is 0.227 e. The smallest absolute Gasteiger partial charge is 0.227 e. The topological polar surface area (TPSA) is 75.7 Å². The molecule has 3 aromatic carbocycles. The molecule has 0 amide bonds. The molecule has 0 saturated carbocycles. The standard InChI is InChI=1S/C24H19N5O/c1-16-6-4-9-19(14-16)26-24-27-22(28-29-24)18-8-5-10-20(15-18)30-23-21-11-3-2-7-17(21)12-13-25-23/h2-15H,1H3,(H2,26,27,28,29). The molecule has 0 fully saturated rings. The highest BCUT2D eigenvalue weighted by atomic mass is 16.5. The molecule has 0 aliphatic carbocycles. The van der Waals surface area contributed by atoms with E-state index in [1.807, 2.05) is 85.8 Å². The van der Waals surface area contributed by atoms with E-state index in [9.17, 15) is 0 Å². The number of aromatic nitrogens is 4. The van der Waals surface area contributed by atoms with Crippen LogP contribution in [0.2, 0.25) is 0 Å². The van der Waals surface area contributed by atoms with Crippen molar-refractivity contribution < 1.29 is 4.74 Å². The second-order valence-electron chi connectivity index (χ2n) is 6.98. The lowest BCUT2D eigenvalue weighted by molar-refractivity contribution is 0.469. The number of nitrogens with one attached hydrogen (secondary N) is 2. The molecule has 0 spiro atoms. The molecule has 0 aliphatic rings. The van der Waals surface area contributed by atoms with Crippen molar-refractivity contribution in [1.29, 1.82) is 0 Å². The van der Waals surface area contributed by atoms with Crippen LogP contribution < -0.4 is 10.1 Å². The molecular weight excluding hydrogens is 374 g/mol. The van der Waals surface area contributed by atoms with E-state index >= 15 is 0 Å². The zero-order valence-electron chi connectivity index (χ0n) is 16.3. The average Bonchev–Trinajstić information content (AvgIpc) is 3.23. The van der Waals surface area contributed by atoms with Crippen LogP contribution in [0.25, 0.3) is 22.2 Å².